The van der Waals surface area contributed by atoms with Gasteiger partial charge >= 0.3 is 0 Å². The van der Waals surface area contributed by atoms with E-state index in [0.29, 0.717) is 26.2 Å². The third-order valence-corrected chi connectivity index (χ3v) is 3.51. The van der Waals surface area contributed by atoms with Crippen molar-refractivity contribution in [2.45, 2.75) is 25.7 Å². The lowest BCUT2D eigenvalue weighted by atomic mass is 9.83. The van der Waals surface area contributed by atoms with Crippen LogP contribution in [0.5, 0.6) is 0 Å². The molecule has 1 aromatic rings. The molecule has 2 N–H and O–H groups in total. The Morgan fingerprint density at radius 3 is 2.45 bits per heavy atom. The zero-order valence-corrected chi connectivity index (χ0v) is 12.8. The number of ether oxygens (including phenoxy) is 1. The van der Waals surface area contributed by atoms with E-state index in [4.69, 9.17) is 10.5 Å². The van der Waals surface area contributed by atoms with Crippen LogP contribution in [0, 0.1) is 0 Å². The van der Waals surface area contributed by atoms with Gasteiger partial charge in [-0.25, -0.2) is 0 Å². The van der Waals surface area contributed by atoms with E-state index < -0.39 is 5.41 Å². The Balaban J connectivity index is 2.86. The van der Waals surface area contributed by atoms with E-state index in [1.54, 1.807) is 7.11 Å². The monoisotopic (exact) mass is 278 g/mol. The summed E-state index contributed by atoms with van der Waals surface area (Å²) in [4.78, 5) is 14.7. The first-order chi connectivity index (χ1) is 9.54. The van der Waals surface area contributed by atoms with Crippen molar-refractivity contribution in [1.29, 1.82) is 0 Å². The molecule has 0 radical (unpaired) electrons. The number of carbonyl (C=O) groups excluding carboxylic acids is 1. The summed E-state index contributed by atoms with van der Waals surface area (Å²) in [5.41, 5.74) is 6.05. The Kier molecular flexibility index (Phi) is 6.68. The number of benzene rings is 1. The smallest absolute Gasteiger partial charge is 0.232 e. The van der Waals surface area contributed by atoms with E-state index >= 15 is 0 Å². The maximum absolute atomic E-state index is 12.8. The van der Waals surface area contributed by atoms with Gasteiger partial charge < -0.3 is 15.4 Å². The first-order valence-corrected chi connectivity index (χ1v) is 7.08. The molecule has 0 bridgehead atoms. The Hall–Kier alpha value is -1.39. The van der Waals surface area contributed by atoms with Crippen LogP contribution in [0.2, 0.25) is 0 Å². The van der Waals surface area contributed by atoms with Crippen LogP contribution in [0.3, 0.4) is 0 Å². The molecule has 0 aliphatic rings. The van der Waals surface area contributed by atoms with Crippen LogP contribution < -0.4 is 5.73 Å². The average Bonchev–Trinajstić information content (AvgIpc) is 2.47. The van der Waals surface area contributed by atoms with Crippen LogP contribution in [-0.4, -0.2) is 44.2 Å². The van der Waals surface area contributed by atoms with Crippen molar-refractivity contribution >= 4 is 5.91 Å². The summed E-state index contributed by atoms with van der Waals surface area (Å²) in [7, 11) is 1.65. The highest BCUT2D eigenvalue weighted by Crippen LogP contribution is 2.25. The topological polar surface area (TPSA) is 55.6 Å². The molecule has 0 saturated heterocycles. The van der Waals surface area contributed by atoms with E-state index in [0.717, 1.165) is 12.0 Å². The molecular formula is C16H26N2O2. The van der Waals surface area contributed by atoms with Gasteiger partial charge in [0.1, 0.15) is 0 Å². The summed E-state index contributed by atoms with van der Waals surface area (Å²) in [5.74, 6) is 0.120. The van der Waals surface area contributed by atoms with Crippen LogP contribution in [-0.2, 0) is 14.9 Å². The van der Waals surface area contributed by atoms with Crippen molar-refractivity contribution in [1.82, 2.24) is 4.90 Å². The molecule has 0 unspecified atom stereocenters. The quantitative estimate of drug-likeness (QED) is 0.788. The van der Waals surface area contributed by atoms with Gasteiger partial charge in [-0.3, -0.25) is 4.79 Å². The molecule has 1 amide bonds. The highest BCUT2D eigenvalue weighted by molar-refractivity contribution is 5.87. The normalized spacial score (nSPS) is 11.4. The SMILES string of the molecule is COCCN(CCCN)C(=O)C(C)(C)c1ccccc1. The number of amides is 1. The third-order valence-electron chi connectivity index (χ3n) is 3.51. The van der Waals surface area contributed by atoms with Crippen LogP contribution in [0.4, 0.5) is 0 Å². The molecular weight excluding hydrogens is 252 g/mol. The molecule has 4 nitrogen and oxygen atoms in total. The van der Waals surface area contributed by atoms with Crippen LogP contribution >= 0.6 is 0 Å². The van der Waals surface area contributed by atoms with Crippen molar-refractivity contribution in [2.24, 2.45) is 5.73 Å². The molecule has 0 aromatic heterocycles. The zero-order valence-electron chi connectivity index (χ0n) is 12.8. The summed E-state index contributed by atoms with van der Waals surface area (Å²) >= 11 is 0. The van der Waals surface area contributed by atoms with Gasteiger partial charge in [-0.15, -0.1) is 0 Å². The summed E-state index contributed by atoms with van der Waals surface area (Å²) in [6.07, 6.45) is 0.806. The lowest BCUT2D eigenvalue weighted by Gasteiger charge is -2.32. The minimum absolute atomic E-state index is 0.120. The number of hydrogen-bond acceptors (Lipinski definition) is 3. The van der Waals surface area contributed by atoms with Gasteiger partial charge in [0, 0.05) is 20.2 Å². The Labute approximate surface area is 121 Å². The van der Waals surface area contributed by atoms with E-state index in [1.165, 1.54) is 0 Å². The van der Waals surface area contributed by atoms with Crippen LogP contribution in [0.15, 0.2) is 30.3 Å². The second-order valence-electron chi connectivity index (χ2n) is 5.42. The molecule has 112 valence electrons. The zero-order chi connectivity index (χ0) is 15.0. The summed E-state index contributed by atoms with van der Waals surface area (Å²) in [6.45, 7) is 6.34. The molecule has 20 heavy (non-hydrogen) atoms. The van der Waals surface area contributed by atoms with Crippen molar-refractivity contribution in [3.05, 3.63) is 35.9 Å². The van der Waals surface area contributed by atoms with Gasteiger partial charge in [0.2, 0.25) is 5.91 Å². The number of methoxy groups -OCH3 is 1. The van der Waals surface area contributed by atoms with Crippen LogP contribution in [0.25, 0.3) is 0 Å². The third kappa shape index (κ3) is 4.32. The molecule has 1 rings (SSSR count). The maximum atomic E-state index is 12.8. The van der Waals surface area contributed by atoms with E-state index in [1.807, 2.05) is 49.1 Å². The molecule has 0 fully saturated rings. The van der Waals surface area contributed by atoms with Gasteiger partial charge in [0.05, 0.1) is 12.0 Å². The first kappa shape index (κ1) is 16.7. The lowest BCUT2D eigenvalue weighted by Crippen LogP contribution is -2.45. The number of carbonyl (C=O) groups is 1. The molecule has 0 saturated carbocycles. The molecule has 4 heteroatoms. The van der Waals surface area contributed by atoms with E-state index in [-0.39, 0.29) is 5.91 Å². The highest BCUT2D eigenvalue weighted by atomic mass is 16.5. The standard InChI is InChI=1S/C16H26N2O2/c1-16(2,14-8-5-4-6-9-14)15(19)18(11-7-10-17)12-13-20-3/h4-6,8-9H,7,10-13,17H2,1-3H3. The average molecular weight is 278 g/mol. The fraction of sp³-hybridized carbons (Fsp3) is 0.562. The van der Waals surface area contributed by atoms with Crippen molar-refractivity contribution in [3.63, 3.8) is 0 Å². The second-order valence-corrected chi connectivity index (χ2v) is 5.42. The van der Waals surface area contributed by atoms with Gasteiger partial charge in [0.25, 0.3) is 0 Å². The largest absolute Gasteiger partial charge is 0.383 e. The first-order valence-electron chi connectivity index (χ1n) is 7.08. The molecule has 1 aromatic carbocycles. The van der Waals surface area contributed by atoms with E-state index in [2.05, 4.69) is 0 Å². The number of rotatable bonds is 8. The van der Waals surface area contributed by atoms with E-state index in [9.17, 15) is 4.79 Å². The summed E-state index contributed by atoms with van der Waals surface area (Å²) < 4.78 is 5.10. The summed E-state index contributed by atoms with van der Waals surface area (Å²) in [6, 6.07) is 9.87. The second kappa shape index (κ2) is 8.02. The number of nitrogens with zero attached hydrogens (tertiary/aromatic N) is 1. The van der Waals surface area contributed by atoms with Crippen molar-refractivity contribution in [3.8, 4) is 0 Å². The Morgan fingerprint density at radius 2 is 1.90 bits per heavy atom. The minimum Gasteiger partial charge on any atom is -0.383 e. The lowest BCUT2D eigenvalue weighted by molar-refractivity contribution is -0.137. The molecule has 0 atom stereocenters. The number of hydrogen-bond donors (Lipinski definition) is 1. The summed E-state index contributed by atoms with van der Waals surface area (Å²) in [5, 5.41) is 0. The minimum atomic E-state index is -0.538. The Morgan fingerprint density at radius 1 is 1.25 bits per heavy atom. The number of nitrogens with two attached hydrogens (primary N) is 1. The molecule has 0 spiro atoms. The highest BCUT2D eigenvalue weighted by Gasteiger charge is 2.33. The predicted molar refractivity (Wildman–Crippen MR) is 81.6 cm³/mol. The maximum Gasteiger partial charge on any atom is 0.232 e. The predicted octanol–water partition coefficient (Wildman–Crippen LogP) is 1.79. The molecule has 0 aliphatic carbocycles. The Bertz CT molecular complexity index is 396. The van der Waals surface area contributed by atoms with Crippen molar-refractivity contribution < 1.29 is 9.53 Å². The van der Waals surface area contributed by atoms with Crippen molar-refractivity contribution in [2.75, 3.05) is 33.4 Å². The van der Waals surface area contributed by atoms with Gasteiger partial charge in [-0.2, -0.15) is 0 Å². The molecule has 0 aliphatic heterocycles. The van der Waals surface area contributed by atoms with Gasteiger partial charge in [-0.05, 0) is 32.4 Å². The van der Waals surface area contributed by atoms with Gasteiger partial charge in [0.15, 0.2) is 0 Å². The fourth-order valence-electron chi connectivity index (χ4n) is 2.17. The van der Waals surface area contributed by atoms with Crippen LogP contribution in [0.1, 0.15) is 25.8 Å². The fourth-order valence-corrected chi connectivity index (χ4v) is 2.17. The van der Waals surface area contributed by atoms with Gasteiger partial charge in [-0.1, -0.05) is 30.3 Å². The molecule has 0 heterocycles.